The minimum Gasteiger partial charge on any atom is -0.493 e. The van der Waals surface area contributed by atoms with E-state index in [1.807, 2.05) is 51.2 Å². The summed E-state index contributed by atoms with van der Waals surface area (Å²) >= 11 is 0. The first-order valence-electron chi connectivity index (χ1n) is 8.32. The van der Waals surface area contributed by atoms with Gasteiger partial charge in [0.2, 0.25) is 0 Å². The molecule has 1 atom stereocenters. The van der Waals surface area contributed by atoms with Crippen molar-refractivity contribution >= 4 is 11.6 Å². The number of hydrogen-bond acceptors (Lipinski definition) is 3. The van der Waals surface area contributed by atoms with Gasteiger partial charge in [-0.15, -0.1) is 0 Å². The first-order chi connectivity index (χ1) is 11.9. The van der Waals surface area contributed by atoms with Gasteiger partial charge in [-0.05, 0) is 49.2 Å². The van der Waals surface area contributed by atoms with Crippen molar-refractivity contribution in [3.8, 4) is 11.5 Å². The summed E-state index contributed by atoms with van der Waals surface area (Å²) in [6, 6.07) is 11.8. The molecule has 0 aromatic heterocycles. The molecule has 0 aliphatic rings. The molecule has 0 aliphatic heterocycles. The molecule has 0 spiro atoms. The predicted octanol–water partition coefficient (Wildman–Crippen LogP) is 1.97. The minimum absolute atomic E-state index is 0.00985. The molecule has 0 saturated carbocycles. The van der Waals surface area contributed by atoms with E-state index >= 15 is 0 Å². The first-order valence-corrected chi connectivity index (χ1v) is 8.32. The summed E-state index contributed by atoms with van der Waals surface area (Å²) in [6.45, 7) is 5.08. The normalized spacial score (nSPS) is 11.7. The van der Waals surface area contributed by atoms with E-state index < -0.39 is 0 Å². The van der Waals surface area contributed by atoms with Gasteiger partial charge in [-0.2, -0.15) is 0 Å². The molecule has 25 heavy (non-hydrogen) atoms. The molecular weight excluding hydrogens is 316 g/mol. The van der Waals surface area contributed by atoms with Crippen LogP contribution in [0.2, 0.25) is 0 Å². The predicted molar refractivity (Wildman–Crippen MR) is 99.5 cm³/mol. The van der Waals surface area contributed by atoms with Gasteiger partial charge < -0.3 is 19.7 Å². The first kappa shape index (κ1) is 18.8. The Balaban J connectivity index is 2.00. The maximum absolute atomic E-state index is 12.3. The maximum Gasteiger partial charge on any atom is 0.279 e. The third-order valence-electron chi connectivity index (χ3n) is 3.94. The van der Waals surface area contributed by atoms with E-state index in [4.69, 9.17) is 9.47 Å². The van der Waals surface area contributed by atoms with Crippen LogP contribution in [0.4, 0.5) is 5.69 Å². The summed E-state index contributed by atoms with van der Waals surface area (Å²) in [5, 5.41) is 2.98. The van der Waals surface area contributed by atoms with Gasteiger partial charge in [0.15, 0.2) is 18.0 Å². The smallest absolute Gasteiger partial charge is 0.279 e. The average molecular weight is 343 g/mol. The van der Waals surface area contributed by atoms with E-state index in [9.17, 15) is 4.79 Å². The average Bonchev–Trinajstić information content (AvgIpc) is 2.53. The van der Waals surface area contributed by atoms with E-state index in [0.717, 1.165) is 33.0 Å². The Morgan fingerprint density at radius 3 is 2.36 bits per heavy atom. The number of ether oxygens (including phenoxy) is 2. The van der Waals surface area contributed by atoms with Crippen LogP contribution in [0.3, 0.4) is 0 Å². The number of nitrogens with one attached hydrogen (secondary N) is 2. The number of hydrogen-bond donors (Lipinski definition) is 2. The lowest BCUT2D eigenvalue weighted by atomic mass is 10.1. The SMILES string of the molecule is COc1cccc(C[NH+](C)CC(=O)Nc2cc(C)cc(C)c2)c1OC. The molecule has 0 bridgehead atoms. The van der Waals surface area contributed by atoms with Gasteiger partial charge in [0, 0.05) is 5.69 Å². The van der Waals surface area contributed by atoms with Crippen LogP contribution < -0.4 is 19.7 Å². The van der Waals surface area contributed by atoms with Crippen molar-refractivity contribution in [1.82, 2.24) is 0 Å². The zero-order chi connectivity index (χ0) is 18.4. The number of carbonyl (C=O) groups excluding carboxylic acids is 1. The van der Waals surface area contributed by atoms with Crippen LogP contribution in [0.25, 0.3) is 0 Å². The second-order valence-corrected chi connectivity index (χ2v) is 6.39. The molecule has 0 heterocycles. The van der Waals surface area contributed by atoms with Crippen LogP contribution in [0.1, 0.15) is 16.7 Å². The third kappa shape index (κ3) is 5.22. The molecule has 0 fully saturated rings. The Morgan fingerprint density at radius 2 is 1.76 bits per heavy atom. The van der Waals surface area contributed by atoms with Crippen LogP contribution in [0.15, 0.2) is 36.4 Å². The molecule has 0 saturated heterocycles. The van der Waals surface area contributed by atoms with Crippen LogP contribution >= 0.6 is 0 Å². The number of amides is 1. The van der Waals surface area contributed by atoms with Gasteiger partial charge in [0.25, 0.3) is 5.91 Å². The van der Waals surface area contributed by atoms with Crippen molar-refractivity contribution in [2.75, 3.05) is 33.1 Å². The lowest BCUT2D eigenvalue weighted by Crippen LogP contribution is -3.08. The quantitative estimate of drug-likeness (QED) is 0.808. The van der Waals surface area contributed by atoms with Crippen LogP contribution in [0, 0.1) is 13.8 Å². The van der Waals surface area contributed by atoms with E-state index in [2.05, 4.69) is 11.4 Å². The molecular formula is C20H27N2O3+. The highest BCUT2D eigenvalue weighted by molar-refractivity contribution is 5.91. The van der Waals surface area contributed by atoms with Gasteiger partial charge in [-0.1, -0.05) is 12.1 Å². The Labute approximate surface area is 149 Å². The van der Waals surface area contributed by atoms with Gasteiger partial charge in [-0.3, -0.25) is 4.79 Å². The lowest BCUT2D eigenvalue weighted by molar-refractivity contribution is -0.885. The fourth-order valence-corrected chi connectivity index (χ4v) is 3.01. The number of likely N-dealkylation sites (N-methyl/N-ethyl adjacent to an activating group) is 1. The standard InChI is InChI=1S/C20H26N2O3/c1-14-9-15(2)11-17(10-14)21-19(23)13-22(3)12-16-7-6-8-18(24-4)20(16)25-5/h6-11H,12-13H2,1-5H3,(H,21,23)/p+1. The Kier molecular flexibility index (Phi) is 6.42. The van der Waals surface area contributed by atoms with E-state index in [1.165, 1.54) is 0 Å². The second-order valence-electron chi connectivity index (χ2n) is 6.39. The molecule has 5 heteroatoms. The van der Waals surface area contributed by atoms with Crippen LogP contribution in [-0.2, 0) is 11.3 Å². The fourth-order valence-electron chi connectivity index (χ4n) is 3.01. The van der Waals surface area contributed by atoms with Gasteiger partial charge in [-0.25, -0.2) is 0 Å². The number of methoxy groups -OCH3 is 2. The molecule has 5 nitrogen and oxygen atoms in total. The summed E-state index contributed by atoms with van der Waals surface area (Å²) in [5.74, 6) is 1.41. The largest absolute Gasteiger partial charge is 0.493 e. The number of aryl methyl sites for hydroxylation is 2. The Hall–Kier alpha value is -2.53. The topological polar surface area (TPSA) is 52.0 Å². The monoisotopic (exact) mass is 343 g/mol. The summed E-state index contributed by atoms with van der Waals surface area (Å²) in [4.78, 5) is 13.4. The number of benzene rings is 2. The number of quaternary nitrogens is 1. The molecule has 0 aliphatic carbocycles. The van der Waals surface area contributed by atoms with Crippen LogP contribution in [-0.4, -0.2) is 33.7 Å². The fraction of sp³-hybridized carbons (Fsp3) is 0.350. The molecule has 134 valence electrons. The maximum atomic E-state index is 12.3. The summed E-state index contributed by atoms with van der Waals surface area (Å²) in [6.07, 6.45) is 0. The van der Waals surface area contributed by atoms with Crippen molar-refractivity contribution < 1.29 is 19.2 Å². The van der Waals surface area contributed by atoms with E-state index in [-0.39, 0.29) is 5.91 Å². The van der Waals surface area contributed by atoms with Crippen molar-refractivity contribution in [1.29, 1.82) is 0 Å². The van der Waals surface area contributed by atoms with Gasteiger partial charge in [0.1, 0.15) is 6.54 Å². The van der Waals surface area contributed by atoms with Gasteiger partial charge >= 0.3 is 0 Å². The highest BCUT2D eigenvalue weighted by Crippen LogP contribution is 2.30. The van der Waals surface area contributed by atoms with E-state index in [1.54, 1.807) is 14.2 Å². The highest BCUT2D eigenvalue weighted by atomic mass is 16.5. The van der Waals surface area contributed by atoms with Crippen molar-refractivity contribution in [3.05, 3.63) is 53.1 Å². The molecule has 2 rings (SSSR count). The number of para-hydroxylation sites is 1. The van der Waals surface area contributed by atoms with Crippen molar-refractivity contribution in [3.63, 3.8) is 0 Å². The van der Waals surface area contributed by atoms with Crippen molar-refractivity contribution in [2.45, 2.75) is 20.4 Å². The van der Waals surface area contributed by atoms with Crippen molar-refractivity contribution in [2.24, 2.45) is 0 Å². The minimum atomic E-state index is -0.00985. The summed E-state index contributed by atoms with van der Waals surface area (Å²) < 4.78 is 10.8. The number of rotatable bonds is 7. The molecule has 2 aromatic carbocycles. The molecule has 1 unspecified atom stereocenters. The second kappa shape index (κ2) is 8.53. The molecule has 0 radical (unpaired) electrons. The number of anilines is 1. The molecule has 2 aromatic rings. The van der Waals surface area contributed by atoms with E-state index in [0.29, 0.717) is 18.8 Å². The summed E-state index contributed by atoms with van der Waals surface area (Å²) in [7, 11) is 5.24. The summed E-state index contributed by atoms with van der Waals surface area (Å²) in [5.41, 5.74) is 4.13. The van der Waals surface area contributed by atoms with Gasteiger partial charge in [0.05, 0.1) is 26.8 Å². The molecule has 1 amide bonds. The molecule has 2 N–H and O–H groups in total. The lowest BCUT2D eigenvalue weighted by Gasteiger charge is -2.17. The zero-order valence-corrected chi connectivity index (χ0v) is 15.6. The van der Waals surface area contributed by atoms with Crippen LogP contribution in [0.5, 0.6) is 11.5 Å². The third-order valence-corrected chi connectivity index (χ3v) is 3.94. The highest BCUT2D eigenvalue weighted by Gasteiger charge is 2.16. The Bertz CT molecular complexity index is 723. The number of carbonyl (C=O) groups is 1. The Morgan fingerprint density at radius 1 is 1.08 bits per heavy atom. The zero-order valence-electron chi connectivity index (χ0n) is 15.6.